The zero-order valence-electron chi connectivity index (χ0n) is 84.1. The first-order valence-electron chi connectivity index (χ1n) is 46.2. The molecule has 9 N–H and O–H groups in total. The van der Waals surface area contributed by atoms with Gasteiger partial charge in [-0.3, -0.25) is 28.8 Å². The molecule has 2 unspecified atom stereocenters. The number of thioether (sulfide) groups is 2. The number of aromatic hydroxyl groups is 2. The van der Waals surface area contributed by atoms with Crippen molar-refractivity contribution in [3.05, 3.63) is 217 Å². The molecule has 0 saturated carbocycles. The number of nitrogens with one attached hydrogen (secondary N) is 4. The molecule has 17 rings (SSSR count). The van der Waals surface area contributed by atoms with Crippen LogP contribution >= 0.6 is 163 Å². The summed E-state index contributed by atoms with van der Waals surface area (Å²) in [4.78, 5) is 154. The van der Waals surface area contributed by atoms with Crippen molar-refractivity contribution in [2.24, 2.45) is 5.73 Å². The fourth-order valence-corrected chi connectivity index (χ4v) is 26.5. The molecular weight excluding hydrogens is 2240 g/mol. The van der Waals surface area contributed by atoms with E-state index in [0.29, 0.717) is 146 Å². The summed E-state index contributed by atoms with van der Waals surface area (Å²) in [5.74, 6) is -2.09. The third-order valence-electron chi connectivity index (χ3n) is 27.9. The number of urea groups is 2. The van der Waals surface area contributed by atoms with Gasteiger partial charge in [0, 0.05) is 155 Å². The number of phenols is 2. The largest absolute Gasteiger partial charge is 1.00 e. The first-order valence-corrected chi connectivity index (χ1v) is 52.8. The fourth-order valence-electron chi connectivity index (χ4n) is 19.6. The topological polar surface area (TPSA) is 443 Å². The van der Waals surface area contributed by atoms with E-state index in [-0.39, 0.29) is 307 Å². The number of fused-ring (bicyclic) bond motifs is 8. The van der Waals surface area contributed by atoms with Gasteiger partial charge in [0.1, 0.15) is 52.3 Å². The van der Waals surface area contributed by atoms with E-state index in [9.17, 15) is 72.9 Å². The molecule has 5 saturated heterocycles. The van der Waals surface area contributed by atoms with Crippen LogP contribution in [-0.2, 0) is 33.5 Å². The first kappa shape index (κ1) is 124. The van der Waals surface area contributed by atoms with Gasteiger partial charge < -0.3 is 80.2 Å². The third kappa shape index (κ3) is 23.0. The van der Waals surface area contributed by atoms with Gasteiger partial charge in [0.25, 0.3) is 11.8 Å². The van der Waals surface area contributed by atoms with Crippen LogP contribution in [0.4, 0.5) is 9.59 Å². The van der Waals surface area contributed by atoms with Crippen molar-refractivity contribution >= 4 is 249 Å². The molecule has 0 radical (unpaired) electrons. The summed E-state index contributed by atoms with van der Waals surface area (Å²) in [6.07, 6.45) is 6.01. The van der Waals surface area contributed by atoms with Crippen molar-refractivity contribution < 1.29 is 151 Å². The number of esters is 2. The molecular formula is C106H103Cl12N6Na2O22S2-. The standard InChI is InChI=1S/C39H40Cl4N2O7S.C26H21Cl4NO5.C24H15Cl4O4.C16H23N3O5S.CH4.2Na.H2O/c1-17-14-22-25(23-15-18(2)33(48)20(4)35(23)52-34(22)19(3)32(17)47)26-27(29(41)31(43)30(42)28(26)40)36(49)51-13-9-11-21(46)10-7-8-12-24-39(6)38(5,16-53-24)44-37(50)45-39;1-9-7-13-15(16-17(26(34)35-6-5-31)19(28)21(30)20(29)18(16)27)14-8-10(2)23(33)12(4)25(14)36-24(13)11(3)22(9)32;1-8-5-10(3)22-12(6-8)14(13-7-9(2)21(29)11(4)23(13)32-22)15-16(24(30)31)18(26)20(28)19(27)17(15)25;1-15-9-25-10(16(15,2)18-14(23)17-15)5-3-4-6-13(22)24-19-11(20)7-8-12(19)21;;;;/h14-15,24,47H,7-13,16H2,1-6H3,(H2,44,45,50);7-8,32H,5-6,31H2,1-4H3;6-7H,1-4H3,(H,30,31);10H,3-9H2,1-2H3,(H2,17,18,23);1H4;;;1H2/q;;-1;;;2*+1;/p-2/t24?,38-,39+;;;10?,15-,16+;;;;/m0..1..../s1. The number of imide groups is 1. The Labute approximate surface area is 976 Å². The Morgan fingerprint density at radius 1 is 0.447 bits per heavy atom. The fraction of sp³-hybridized carbons (Fsp3) is 0.377. The van der Waals surface area contributed by atoms with Crippen molar-refractivity contribution in [2.45, 2.75) is 228 Å². The number of ketones is 1. The number of carboxylic acids is 1. The van der Waals surface area contributed by atoms with Gasteiger partial charge >= 0.3 is 89.1 Å². The van der Waals surface area contributed by atoms with Gasteiger partial charge in [-0.15, -0.1) is 10.6 Å². The summed E-state index contributed by atoms with van der Waals surface area (Å²) in [7, 11) is 0. The molecule has 6 aromatic rings. The predicted octanol–water partition coefficient (Wildman–Crippen LogP) is 19.5. The van der Waals surface area contributed by atoms with E-state index in [1.807, 2.05) is 30.4 Å². The molecule has 150 heavy (non-hydrogen) atoms. The number of carboxylic acid groups (broad SMARTS) is 1. The smallest absolute Gasteiger partial charge is 0.870 e. The summed E-state index contributed by atoms with van der Waals surface area (Å²) < 4.78 is 29.7. The number of phenolic OH excluding ortho intramolecular Hbond substituents is 2. The van der Waals surface area contributed by atoms with E-state index >= 15 is 0 Å². The Hall–Kier alpha value is -7.68. The molecule has 788 valence electrons. The molecule has 6 aromatic carbocycles. The molecule has 8 heterocycles. The Morgan fingerprint density at radius 3 is 1.17 bits per heavy atom. The molecule has 8 aliphatic heterocycles. The van der Waals surface area contributed by atoms with E-state index in [4.69, 9.17) is 173 Å². The number of Topliss-reactive ketones (excluding diaryl/α,β-unsaturated/α-hetero) is 1. The Kier molecular flexibility index (Phi) is 40.5. The normalized spacial score (nSPS) is 18.3. The number of carbonyl (C=O) groups excluding carboxylic acids is 9. The Bertz CT molecular complexity index is 7680. The van der Waals surface area contributed by atoms with Gasteiger partial charge in [0.15, 0.2) is 16.3 Å². The van der Waals surface area contributed by atoms with Crippen LogP contribution in [0, 0.1) is 89.2 Å². The minimum Gasteiger partial charge on any atom is -0.870 e. The van der Waals surface area contributed by atoms with Crippen LogP contribution in [-0.4, -0.2) is 138 Å². The average Bonchev–Trinajstić information content (AvgIpc) is 1.17. The molecule has 6 atom stereocenters. The molecule has 0 spiro atoms. The summed E-state index contributed by atoms with van der Waals surface area (Å²) in [6, 6.07) is 13.1. The first-order chi connectivity index (χ1) is 68.5. The minimum absolute atomic E-state index is 0. The van der Waals surface area contributed by atoms with Gasteiger partial charge in [0.2, 0.25) is 0 Å². The van der Waals surface area contributed by atoms with Gasteiger partial charge in [0.05, 0.1) is 106 Å². The van der Waals surface area contributed by atoms with Crippen molar-refractivity contribution in [1.29, 1.82) is 0 Å². The number of benzene rings is 9. The number of rotatable bonds is 23. The third-order valence-corrected chi connectivity index (χ3v) is 37.0. The zero-order chi connectivity index (χ0) is 107. The molecule has 0 bridgehead atoms. The number of ether oxygens (including phenoxy) is 2. The number of hydrogen-bond acceptors (Lipinski definition) is 25. The van der Waals surface area contributed by atoms with Crippen LogP contribution in [0.25, 0.3) is 100 Å². The maximum absolute atomic E-state index is 14.0. The number of halogens is 12. The molecule has 44 heteroatoms. The van der Waals surface area contributed by atoms with Crippen LogP contribution in [0.2, 0.25) is 60.3 Å². The number of nitrogens with zero attached hydrogens (tertiary/aromatic N) is 1. The second kappa shape index (κ2) is 49.0. The maximum atomic E-state index is 14.0. The molecule has 5 fully saturated rings. The molecule has 6 amide bonds. The SMILES string of the molecule is C.C[C@@]12CSC(CCCCC(=O)ON3C(=O)CCC3=O)[C@]1(C)NC(=O)N2.Cc1[c-]c(C)c2oc3c(C)c(=O)c(C)cc-3c(-c3c(Cl)c(Cl)c(Cl)c(Cl)c3C(=O)[O-])c2c1.Cc1cc2c(-c3c(Cl)c(Cl)c(Cl)c(Cl)c3C(=O)OCCCC(=O)CCCCC3SC[C@]4(C)NC(=O)N[C@]34C)c3cc(C)c(=O)c(C)c-3oc2c(C)c1O.Cc1cc2c(-c3c(Cl)c(Cl)c(Cl)c(Cl)c3C(=O)OCCN)c3cc(C)c(=O)c(C)c-3oc2c(C)c1O.[Na+].[Na+].[OH-]. The number of hydroxylamine groups is 2. The van der Waals surface area contributed by atoms with E-state index in [1.165, 1.54) is 0 Å². The summed E-state index contributed by atoms with van der Waals surface area (Å²) in [5.41, 5.74) is 12.9. The molecule has 0 aromatic heterocycles. The quantitative estimate of drug-likeness (QED) is 0.00360. The van der Waals surface area contributed by atoms with Crippen LogP contribution in [0.3, 0.4) is 0 Å². The number of aryl methyl sites for hydroxylation is 9. The van der Waals surface area contributed by atoms with E-state index in [0.717, 1.165) is 49.2 Å². The van der Waals surface area contributed by atoms with Gasteiger partial charge in [-0.05, 0) is 193 Å². The van der Waals surface area contributed by atoms with Crippen molar-refractivity contribution in [3.8, 4) is 78.9 Å². The van der Waals surface area contributed by atoms with Gasteiger partial charge in [-0.1, -0.05) is 179 Å². The van der Waals surface area contributed by atoms with Crippen molar-refractivity contribution in [3.63, 3.8) is 0 Å². The van der Waals surface area contributed by atoms with Crippen molar-refractivity contribution in [2.75, 3.05) is 31.3 Å². The molecule has 3 aliphatic carbocycles. The van der Waals surface area contributed by atoms with Crippen LogP contribution < -0.4 is 108 Å². The van der Waals surface area contributed by atoms with Crippen molar-refractivity contribution in [1.82, 2.24) is 26.3 Å². The van der Waals surface area contributed by atoms with Crippen LogP contribution in [0.1, 0.15) is 210 Å². The number of unbranched alkanes of at least 4 members (excludes halogenated alkanes) is 2. The number of amides is 6. The average molecular weight is 2350 g/mol. The van der Waals surface area contributed by atoms with Gasteiger partial charge in [-0.25, -0.2) is 24.0 Å². The second-order valence-electron chi connectivity index (χ2n) is 37.8. The predicted molar refractivity (Wildman–Crippen MR) is 583 cm³/mol. The summed E-state index contributed by atoms with van der Waals surface area (Å²) >= 11 is 82.0. The number of nitrogens with two attached hydrogens (primary N) is 1. The zero-order valence-corrected chi connectivity index (χ0v) is 98.8. The summed E-state index contributed by atoms with van der Waals surface area (Å²) in [5, 5.41) is 47.0. The second-order valence-corrected chi connectivity index (χ2v) is 44.7. The number of carbonyl (C=O) groups is 9. The maximum Gasteiger partial charge on any atom is 1.00 e. The minimum atomic E-state index is -1.57. The van der Waals surface area contributed by atoms with E-state index in [1.54, 1.807) is 113 Å². The van der Waals surface area contributed by atoms with Gasteiger partial charge in [-0.2, -0.15) is 41.2 Å². The Morgan fingerprint density at radius 2 is 0.787 bits per heavy atom. The van der Waals surface area contributed by atoms with E-state index < -0.39 is 41.3 Å². The monoisotopic (exact) mass is 2340 g/mol. The number of hydrogen-bond donors (Lipinski definition) is 7. The molecule has 28 nitrogen and oxygen atoms in total. The van der Waals surface area contributed by atoms with E-state index in [2.05, 4.69) is 55.0 Å². The van der Waals surface area contributed by atoms with Crippen LogP contribution in [0.5, 0.6) is 11.5 Å². The summed E-state index contributed by atoms with van der Waals surface area (Å²) in [6.45, 7) is 28.6. The molecule has 11 aliphatic rings. The Balaban J connectivity index is 0.000000210. The number of aromatic carboxylic acids is 1. The van der Waals surface area contributed by atoms with Crippen LogP contribution in [0.15, 0.2) is 64.0 Å².